The van der Waals surface area contributed by atoms with E-state index in [1.165, 1.54) is 0 Å². The Balaban J connectivity index is 0.00000156. The third-order valence-electron chi connectivity index (χ3n) is 4.92. The van der Waals surface area contributed by atoms with Crippen LogP contribution in [0.4, 0.5) is 0 Å². The largest absolute Gasteiger partial charge is 0.338 e. The molecule has 1 aromatic rings. The molecule has 0 aliphatic carbocycles. The van der Waals surface area contributed by atoms with Gasteiger partial charge in [0.05, 0.1) is 5.92 Å². The van der Waals surface area contributed by atoms with Gasteiger partial charge >= 0.3 is 0 Å². The SMILES string of the molecule is Cl.Cl.NCC1CCCN1C(=O)C1CCCN(C(=O)c2ccncc2)C1. The van der Waals surface area contributed by atoms with Crippen molar-refractivity contribution >= 4 is 36.6 Å². The molecule has 0 spiro atoms. The first-order valence-electron chi connectivity index (χ1n) is 8.40. The van der Waals surface area contributed by atoms with Crippen LogP contribution in [0.25, 0.3) is 0 Å². The van der Waals surface area contributed by atoms with Crippen LogP contribution in [0.5, 0.6) is 0 Å². The number of hydrogen-bond donors (Lipinski definition) is 1. The molecule has 8 heteroatoms. The average molecular weight is 389 g/mol. The number of amides is 2. The molecule has 1 aromatic heterocycles. The Labute approximate surface area is 161 Å². The Morgan fingerprint density at radius 1 is 1.12 bits per heavy atom. The standard InChI is InChI=1S/C17H24N4O2.2ClH/c18-11-15-4-2-10-21(15)17(23)14-3-1-9-20(12-14)16(22)13-5-7-19-8-6-13;;/h5-8,14-15H,1-4,9-12,18H2;2*1H. The summed E-state index contributed by atoms with van der Waals surface area (Å²) in [5, 5.41) is 0. The van der Waals surface area contributed by atoms with E-state index < -0.39 is 0 Å². The number of carbonyl (C=O) groups is 2. The van der Waals surface area contributed by atoms with Gasteiger partial charge in [-0.2, -0.15) is 0 Å². The van der Waals surface area contributed by atoms with E-state index in [4.69, 9.17) is 5.73 Å². The van der Waals surface area contributed by atoms with Gasteiger partial charge in [0.1, 0.15) is 0 Å². The second kappa shape index (κ2) is 9.94. The zero-order chi connectivity index (χ0) is 16.2. The fraction of sp³-hybridized carbons (Fsp3) is 0.588. The molecule has 25 heavy (non-hydrogen) atoms. The molecule has 2 amide bonds. The number of hydrogen-bond acceptors (Lipinski definition) is 4. The highest BCUT2D eigenvalue weighted by atomic mass is 35.5. The predicted octanol–water partition coefficient (Wildman–Crippen LogP) is 1.73. The summed E-state index contributed by atoms with van der Waals surface area (Å²) >= 11 is 0. The number of carbonyl (C=O) groups excluding carboxylic acids is 2. The Kier molecular flexibility index (Phi) is 8.62. The van der Waals surface area contributed by atoms with Gasteiger partial charge < -0.3 is 15.5 Å². The molecule has 6 nitrogen and oxygen atoms in total. The third kappa shape index (κ3) is 4.84. The van der Waals surface area contributed by atoms with Gasteiger partial charge in [0.25, 0.3) is 5.91 Å². The van der Waals surface area contributed by atoms with Crippen molar-refractivity contribution in [2.24, 2.45) is 11.7 Å². The van der Waals surface area contributed by atoms with E-state index in [9.17, 15) is 9.59 Å². The van der Waals surface area contributed by atoms with Gasteiger partial charge in [-0.05, 0) is 37.8 Å². The molecule has 3 rings (SSSR count). The lowest BCUT2D eigenvalue weighted by atomic mass is 9.95. The summed E-state index contributed by atoms with van der Waals surface area (Å²) in [7, 11) is 0. The maximum Gasteiger partial charge on any atom is 0.253 e. The molecular weight excluding hydrogens is 363 g/mol. The van der Waals surface area contributed by atoms with Crippen molar-refractivity contribution < 1.29 is 9.59 Å². The molecule has 3 heterocycles. The van der Waals surface area contributed by atoms with Crippen molar-refractivity contribution in [3.05, 3.63) is 30.1 Å². The highest BCUT2D eigenvalue weighted by Gasteiger charge is 2.35. The molecule has 2 N–H and O–H groups in total. The average Bonchev–Trinajstić information content (AvgIpc) is 3.10. The van der Waals surface area contributed by atoms with Crippen LogP contribution in [0.2, 0.25) is 0 Å². The summed E-state index contributed by atoms with van der Waals surface area (Å²) in [4.78, 5) is 33.0. The van der Waals surface area contributed by atoms with Gasteiger partial charge in [-0.1, -0.05) is 0 Å². The summed E-state index contributed by atoms with van der Waals surface area (Å²) in [5.74, 6) is 0.0635. The van der Waals surface area contributed by atoms with Crippen molar-refractivity contribution in [1.29, 1.82) is 0 Å². The Hall–Kier alpha value is -1.37. The second-order valence-corrected chi connectivity index (χ2v) is 6.39. The zero-order valence-electron chi connectivity index (χ0n) is 14.2. The lowest BCUT2D eigenvalue weighted by molar-refractivity contribution is -0.137. The van der Waals surface area contributed by atoms with Crippen LogP contribution in [0.15, 0.2) is 24.5 Å². The lowest BCUT2D eigenvalue weighted by Gasteiger charge is -2.35. The van der Waals surface area contributed by atoms with Crippen molar-refractivity contribution in [3.8, 4) is 0 Å². The number of halogens is 2. The number of piperidine rings is 1. The van der Waals surface area contributed by atoms with Crippen LogP contribution < -0.4 is 5.73 Å². The molecule has 2 atom stereocenters. The Morgan fingerprint density at radius 2 is 1.80 bits per heavy atom. The van der Waals surface area contributed by atoms with Gasteiger partial charge in [-0.3, -0.25) is 14.6 Å². The summed E-state index contributed by atoms with van der Waals surface area (Å²) in [6, 6.07) is 3.62. The molecule has 2 unspecified atom stereocenters. The normalized spacial score (nSPS) is 22.8. The Morgan fingerprint density at radius 3 is 2.48 bits per heavy atom. The summed E-state index contributed by atoms with van der Waals surface area (Å²) in [5.41, 5.74) is 6.41. The highest BCUT2D eigenvalue weighted by Crippen LogP contribution is 2.25. The van der Waals surface area contributed by atoms with Crippen LogP contribution in [0, 0.1) is 5.92 Å². The number of pyridine rings is 1. The smallest absolute Gasteiger partial charge is 0.253 e. The van der Waals surface area contributed by atoms with Crippen LogP contribution in [0.3, 0.4) is 0 Å². The monoisotopic (exact) mass is 388 g/mol. The van der Waals surface area contributed by atoms with E-state index in [0.717, 1.165) is 32.2 Å². The maximum absolute atomic E-state index is 12.8. The summed E-state index contributed by atoms with van der Waals surface area (Å²) in [6.45, 7) is 2.55. The second-order valence-electron chi connectivity index (χ2n) is 6.39. The molecule has 2 aliphatic heterocycles. The van der Waals surface area contributed by atoms with Crippen molar-refractivity contribution in [2.75, 3.05) is 26.2 Å². The van der Waals surface area contributed by atoms with Gasteiger partial charge in [0.15, 0.2) is 0 Å². The molecule has 140 valence electrons. The lowest BCUT2D eigenvalue weighted by Crippen LogP contribution is -2.49. The van der Waals surface area contributed by atoms with E-state index in [1.807, 2.05) is 4.90 Å². The molecule has 0 saturated carbocycles. The summed E-state index contributed by atoms with van der Waals surface area (Å²) < 4.78 is 0. The van der Waals surface area contributed by atoms with Crippen molar-refractivity contribution in [2.45, 2.75) is 31.7 Å². The van der Waals surface area contributed by atoms with E-state index in [1.54, 1.807) is 29.4 Å². The van der Waals surface area contributed by atoms with Gasteiger partial charge in [0, 0.05) is 50.2 Å². The molecule has 0 radical (unpaired) electrons. The van der Waals surface area contributed by atoms with Crippen LogP contribution in [-0.4, -0.2) is 58.8 Å². The number of nitrogens with zero attached hydrogens (tertiary/aromatic N) is 3. The van der Waals surface area contributed by atoms with E-state index in [0.29, 0.717) is 25.2 Å². The maximum atomic E-state index is 12.8. The number of aromatic nitrogens is 1. The fourth-order valence-corrected chi connectivity index (χ4v) is 3.65. The third-order valence-corrected chi connectivity index (χ3v) is 4.92. The van der Waals surface area contributed by atoms with Crippen molar-refractivity contribution in [1.82, 2.24) is 14.8 Å². The van der Waals surface area contributed by atoms with Crippen molar-refractivity contribution in [3.63, 3.8) is 0 Å². The number of likely N-dealkylation sites (tertiary alicyclic amines) is 2. The molecule has 2 saturated heterocycles. The van der Waals surface area contributed by atoms with Gasteiger partial charge in [-0.15, -0.1) is 24.8 Å². The number of nitrogens with two attached hydrogens (primary N) is 1. The number of rotatable bonds is 3. The molecule has 2 aliphatic rings. The Bertz CT molecular complexity index is 573. The minimum absolute atomic E-state index is 0. The highest BCUT2D eigenvalue weighted by molar-refractivity contribution is 5.94. The van der Waals surface area contributed by atoms with Gasteiger partial charge in [0.2, 0.25) is 5.91 Å². The fourth-order valence-electron chi connectivity index (χ4n) is 3.65. The molecule has 0 aromatic carbocycles. The van der Waals surface area contributed by atoms with E-state index in [-0.39, 0.29) is 48.6 Å². The first-order chi connectivity index (χ1) is 11.2. The minimum atomic E-state index is -0.0957. The molecule has 0 bridgehead atoms. The molecular formula is C17H26Cl2N4O2. The van der Waals surface area contributed by atoms with Crippen LogP contribution in [0.1, 0.15) is 36.0 Å². The van der Waals surface area contributed by atoms with Crippen LogP contribution >= 0.6 is 24.8 Å². The topological polar surface area (TPSA) is 79.5 Å². The van der Waals surface area contributed by atoms with Gasteiger partial charge in [-0.25, -0.2) is 0 Å². The minimum Gasteiger partial charge on any atom is -0.338 e. The van der Waals surface area contributed by atoms with E-state index >= 15 is 0 Å². The van der Waals surface area contributed by atoms with Crippen LogP contribution in [-0.2, 0) is 4.79 Å². The first kappa shape index (κ1) is 21.7. The summed E-state index contributed by atoms with van der Waals surface area (Å²) in [6.07, 6.45) is 6.99. The first-order valence-corrected chi connectivity index (χ1v) is 8.40. The molecule has 2 fully saturated rings. The predicted molar refractivity (Wildman–Crippen MR) is 101 cm³/mol. The quantitative estimate of drug-likeness (QED) is 0.854. The zero-order valence-corrected chi connectivity index (χ0v) is 15.8. The van der Waals surface area contributed by atoms with E-state index in [2.05, 4.69) is 4.98 Å².